The number of halogens is 2. The molecule has 0 bridgehead atoms. The first-order chi connectivity index (χ1) is 10.6. The number of imidazole rings is 1. The number of amides is 1. The molecule has 7 heteroatoms. The van der Waals surface area contributed by atoms with E-state index in [1.54, 1.807) is 17.3 Å². The number of carbonyl (C=O) groups excluding carboxylic acids is 1. The number of nitrogens with zero attached hydrogens (tertiary/aromatic N) is 2. The Balaban J connectivity index is 1.69. The van der Waals surface area contributed by atoms with Gasteiger partial charge in [0.25, 0.3) is 0 Å². The van der Waals surface area contributed by atoms with Gasteiger partial charge in [-0.25, -0.2) is 13.8 Å². The maximum Gasteiger partial charge on any atom is 0.236 e. The summed E-state index contributed by atoms with van der Waals surface area (Å²) in [5, 5.41) is 0.483. The number of benzene rings is 1. The van der Waals surface area contributed by atoms with Crippen molar-refractivity contribution < 1.29 is 13.6 Å². The van der Waals surface area contributed by atoms with Gasteiger partial charge < -0.3 is 9.88 Å². The van der Waals surface area contributed by atoms with Gasteiger partial charge in [0, 0.05) is 37.1 Å². The highest BCUT2D eigenvalue weighted by molar-refractivity contribution is 8.00. The lowest BCUT2D eigenvalue weighted by molar-refractivity contribution is -0.133. The van der Waals surface area contributed by atoms with Crippen LogP contribution < -0.4 is 0 Å². The highest BCUT2D eigenvalue weighted by atomic mass is 32.2. The van der Waals surface area contributed by atoms with Crippen LogP contribution in [0.25, 0.3) is 0 Å². The van der Waals surface area contributed by atoms with Gasteiger partial charge in [-0.1, -0.05) is 17.8 Å². The molecule has 1 saturated heterocycles. The van der Waals surface area contributed by atoms with Gasteiger partial charge in [0.15, 0.2) is 5.16 Å². The average Bonchev–Trinajstić information content (AvgIpc) is 2.99. The lowest BCUT2D eigenvalue weighted by Crippen LogP contribution is -2.42. The number of aromatic amines is 1. The predicted octanol–water partition coefficient (Wildman–Crippen LogP) is 2.97. The molecule has 1 atom stereocenters. The van der Waals surface area contributed by atoms with Crippen molar-refractivity contribution in [3.8, 4) is 0 Å². The molecule has 0 unspecified atom stereocenters. The van der Waals surface area contributed by atoms with E-state index >= 15 is 0 Å². The number of hydrogen-bond donors (Lipinski definition) is 1. The van der Waals surface area contributed by atoms with E-state index in [1.807, 2.05) is 0 Å². The van der Waals surface area contributed by atoms with E-state index in [0.717, 1.165) is 18.9 Å². The van der Waals surface area contributed by atoms with Crippen LogP contribution in [-0.4, -0.2) is 32.6 Å². The van der Waals surface area contributed by atoms with Gasteiger partial charge in [-0.2, -0.15) is 0 Å². The summed E-state index contributed by atoms with van der Waals surface area (Å²) >= 11 is 1.39. The summed E-state index contributed by atoms with van der Waals surface area (Å²) in [6.07, 6.45) is 4.97. The number of aromatic nitrogens is 2. The Morgan fingerprint density at radius 1 is 1.41 bits per heavy atom. The fraction of sp³-hybridized carbons (Fsp3) is 0.333. The molecule has 1 aliphatic rings. The van der Waals surface area contributed by atoms with Crippen molar-refractivity contribution in [2.24, 2.45) is 0 Å². The van der Waals surface area contributed by atoms with Gasteiger partial charge >= 0.3 is 0 Å². The molecule has 1 amide bonds. The van der Waals surface area contributed by atoms with Crippen molar-refractivity contribution >= 4 is 17.7 Å². The minimum absolute atomic E-state index is 0.0311. The van der Waals surface area contributed by atoms with Crippen LogP contribution >= 0.6 is 11.8 Å². The zero-order valence-electron chi connectivity index (χ0n) is 11.8. The number of piperidine rings is 1. The van der Waals surface area contributed by atoms with Gasteiger partial charge in [-0.15, -0.1) is 0 Å². The number of carbonyl (C=O) groups is 1. The molecule has 1 fully saturated rings. The maximum atomic E-state index is 13.7. The third-order valence-corrected chi connectivity index (χ3v) is 4.75. The fourth-order valence-corrected chi connectivity index (χ4v) is 3.54. The Bertz CT molecular complexity index is 663. The highest BCUT2D eigenvalue weighted by Crippen LogP contribution is 2.29. The SMILES string of the molecule is O=C1[C@@H](Sc2ncc[nH]2)CCCN1Cc1ccc(F)cc1F. The Kier molecular flexibility index (Phi) is 4.42. The Labute approximate surface area is 130 Å². The second kappa shape index (κ2) is 6.48. The van der Waals surface area contributed by atoms with Gasteiger partial charge in [-0.05, 0) is 18.9 Å². The molecule has 0 saturated carbocycles. The number of likely N-dealkylation sites (tertiary alicyclic amines) is 1. The van der Waals surface area contributed by atoms with Gasteiger partial charge in [0.05, 0.1) is 5.25 Å². The first-order valence-corrected chi connectivity index (χ1v) is 7.90. The van der Waals surface area contributed by atoms with Crippen LogP contribution in [-0.2, 0) is 11.3 Å². The fourth-order valence-electron chi connectivity index (χ4n) is 2.48. The van der Waals surface area contributed by atoms with Crippen molar-refractivity contribution in [2.45, 2.75) is 29.8 Å². The summed E-state index contributed by atoms with van der Waals surface area (Å²) in [6, 6.07) is 3.45. The average molecular weight is 323 g/mol. The summed E-state index contributed by atoms with van der Waals surface area (Å²) in [7, 11) is 0. The Morgan fingerprint density at radius 2 is 2.27 bits per heavy atom. The normalized spacial score (nSPS) is 18.7. The molecule has 116 valence electrons. The Morgan fingerprint density at radius 3 is 3.00 bits per heavy atom. The van der Waals surface area contributed by atoms with Gasteiger partial charge in [0.1, 0.15) is 11.6 Å². The summed E-state index contributed by atoms with van der Waals surface area (Å²) in [4.78, 5) is 21.2. The van der Waals surface area contributed by atoms with Crippen LogP contribution in [0.4, 0.5) is 8.78 Å². The lowest BCUT2D eigenvalue weighted by Gasteiger charge is -2.31. The van der Waals surface area contributed by atoms with Crippen LogP contribution in [0.3, 0.4) is 0 Å². The lowest BCUT2D eigenvalue weighted by atomic mass is 10.1. The molecular weight excluding hydrogens is 308 g/mol. The van der Waals surface area contributed by atoms with E-state index in [0.29, 0.717) is 17.3 Å². The molecule has 0 aliphatic carbocycles. The van der Waals surface area contributed by atoms with Crippen molar-refractivity contribution in [2.75, 3.05) is 6.54 Å². The summed E-state index contributed by atoms with van der Waals surface area (Å²) in [6.45, 7) is 0.755. The molecule has 0 radical (unpaired) electrons. The molecule has 1 aromatic heterocycles. The minimum Gasteiger partial charge on any atom is -0.340 e. The molecule has 2 heterocycles. The van der Waals surface area contributed by atoms with Gasteiger partial charge in [0.2, 0.25) is 5.91 Å². The molecule has 2 aromatic rings. The minimum atomic E-state index is -0.617. The quantitative estimate of drug-likeness (QED) is 0.941. The molecule has 0 spiro atoms. The van der Waals surface area contributed by atoms with Crippen LogP contribution in [0.15, 0.2) is 35.7 Å². The third-order valence-electron chi connectivity index (χ3n) is 3.58. The van der Waals surface area contributed by atoms with Crippen molar-refractivity contribution in [1.29, 1.82) is 0 Å². The summed E-state index contributed by atoms with van der Waals surface area (Å²) in [5.74, 6) is -1.26. The van der Waals surface area contributed by atoms with Gasteiger partial charge in [-0.3, -0.25) is 4.79 Å². The van der Waals surface area contributed by atoms with Crippen molar-refractivity contribution in [3.63, 3.8) is 0 Å². The smallest absolute Gasteiger partial charge is 0.236 e. The topological polar surface area (TPSA) is 49.0 Å². The van der Waals surface area contributed by atoms with E-state index in [2.05, 4.69) is 9.97 Å². The molecule has 3 rings (SSSR count). The van der Waals surface area contributed by atoms with Crippen molar-refractivity contribution in [1.82, 2.24) is 14.9 Å². The molecular formula is C15H15F2N3OS. The third kappa shape index (κ3) is 3.30. The predicted molar refractivity (Wildman–Crippen MR) is 79.2 cm³/mol. The van der Waals surface area contributed by atoms with E-state index in [4.69, 9.17) is 0 Å². The molecule has 1 N–H and O–H groups in total. The Hall–Kier alpha value is -1.89. The number of H-pyrrole nitrogens is 1. The van der Waals surface area contributed by atoms with Crippen LogP contribution in [0.2, 0.25) is 0 Å². The zero-order valence-corrected chi connectivity index (χ0v) is 12.6. The monoisotopic (exact) mass is 323 g/mol. The largest absolute Gasteiger partial charge is 0.340 e. The number of nitrogens with one attached hydrogen (secondary N) is 1. The number of rotatable bonds is 4. The molecule has 4 nitrogen and oxygen atoms in total. The van der Waals surface area contributed by atoms with E-state index in [9.17, 15) is 13.6 Å². The first kappa shape index (κ1) is 15.0. The first-order valence-electron chi connectivity index (χ1n) is 7.02. The van der Waals surface area contributed by atoms with Crippen LogP contribution in [0.5, 0.6) is 0 Å². The van der Waals surface area contributed by atoms with Crippen molar-refractivity contribution in [3.05, 3.63) is 47.8 Å². The van der Waals surface area contributed by atoms with E-state index in [-0.39, 0.29) is 17.7 Å². The van der Waals surface area contributed by atoms with E-state index in [1.165, 1.54) is 23.9 Å². The van der Waals surface area contributed by atoms with Crippen LogP contribution in [0, 0.1) is 11.6 Å². The molecule has 1 aliphatic heterocycles. The summed E-state index contributed by atoms with van der Waals surface area (Å²) < 4.78 is 26.7. The van der Waals surface area contributed by atoms with Crippen LogP contribution in [0.1, 0.15) is 18.4 Å². The molecule has 1 aromatic carbocycles. The summed E-state index contributed by atoms with van der Waals surface area (Å²) in [5.41, 5.74) is 0.332. The number of thioether (sulfide) groups is 1. The number of hydrogen-bond acceptors (Lipinski definition) is 3. The second-order valence-electron chi connectivity index (χ2n) is 5.14. The maximum absolute atomic E-state index is 13.7. The highest BCUT2D eigenvalue weighted by Gasteiger charge is 2.30. The standard InChI is InChI=1S/C15H15F2N3OS/c16-11-4-3-10(12(17)8-11)9-20-7-1-2-13(14(20)21)22-15-18-5-6-19-15/h3-6,8,13H,1-2,7,9H2,(H,18,19)/t13-/m0/s1. The molecule has 22 heavy (non-hydrogen) atoms. The second-order valence-corrected chi connectivity index (χ2v) is 6.33. The zero-order chi connectivity index (χ0) is 15.5. The van der Waals surface area contributed by atoms with E-state index < -0.39 is 11.6 Å².